The summed E-state index contributed by atoms with van der Waals surface area (Å²) in [6.45, 7) is 12.3. The van der Waals surface area contributed by atoms with Crippen LogP contribution in [0.5, 0.6) is 0 Å². The summed E-state index contributed by atoms with van der Waals surface area (Å²) in [6, 6.07) is 2.13. The van der Waals surface area contributed by atoms with E-state index in [1.54, 1.807) is 0 Å². The van der Waals surface area contributed by atoms with Crippen molar-refractivity contribution in [3.05, 3.63) is 22.9 Å². The minimum Gasteiger partial charge on any atom is -0.369 e. The molecular weight excluding hydrogens is 312 g/mol. The Kier molecular flexibility index (Phi) is 5.94. The molecule has 1 aromatic rings. The summed E-state index contributed by atoms with van der Waals surface area (Å²) in [5.41, 5.74) is 3.19. The SMILES string of the molecule is CCN1CCc2cc(C(=O)N3CCCC3)c(NCC(C)C)nc2CC1. The molecule has 0 atom stereocenters. The Bertz CT molecular complexity index is 608. The lowest BCUT2D eigenvalue weighted by Crippen LogP contribution is -2.29. The summed E-state index contributed by atoms with van der Waals surface area (Å²) in [4.78, 5) is 22.4. The fourth-order valence-corrected chi connectivity index (χ4v) is 3.69. The first-order valence-electron chi connectivity index (χ1n) is 9.86. The highest BCUT2D eigenvalue weighted by Crippen LogP contribution is 2.24. The van der Waals surface area contributed by atoms with E-state index in [0.29, 0.717) is 5.92 Å². The lowest BCUT2D eigenvalue weighted by Gasteiger charge is -2.20. The molecule has 2 aliphatic heterocycles. The first-order chi connectivity index (χ1) is 12.1. The number of pyridine rings is 1. The Labute approximate surface area is 151 Å². The number of amides is 1. The van der Waals surface area contributed by atoms with Gasteiger partial charge in [-0.1, -0.05) is 20.8 Å². The number of fused-ring (bicyclic) bond motifs is 1. The second-order valence-electron chi connectivity index (χ2n) is 7.70. The number of carbonyl (C=O) groups excluding carboxylic acids is 1. The molecule has 5 nitrogen and oxygen atoms in total. The monoisotopic (exact) mass is 344 g/mol. The summed E-state index contributed by atoms with van der Waals surface area (Å²) in [5, 5.41) is 3.44. The molecule has 0 aliphatic carbocycles. The quantitative estimate of drug-likeness (QED) is 0.892. The molecule has 1 N–H and O–H groups in total. The van der Waals surface area contributed by atoms with Crippen molar-refractivity contribution in [2.75, 3.05) is 44.6 Å². The Morgan fingerprint density at radius 2 is 1.92 bits per heavy atom. The number of likely N-dealkylation sites (N-methyl/N-ethyl adjacent to an activating group) is 1. The van der Waals surface area contributed by atoms with Crippen LogP contribution in [0.15, 0.2) is 6.07 Å². The van der Waals surface area contributed by atoms with Gasteiger partial charge in [-0.3, -0.25) is 4.79 Å². The van der Waals surface area contributed by atoms with Gasteiger partial charge in [-0.15, -0.1) is 0 Å². The molecular formula is C20H32N4O. The summed E-state index contributed by atoms with van der Waals surface area (Å²) in [6.07, 6.45) is 4.19. The van der Waals surface area contributed by atoms with Crippen LogP contribution in [0.3, 0.4) is 0 Å². The van der Waals surface area contributed by atoms with Gasteiger partial charge < -0.3 is 15.1 Å². The number of aromatic nitrogens is 1. The van der Waals surface area contributed by atoms with Gasteiger partial charge in [0.15, 0.2) is 0 Å². The maximum Gasteiger partial charge on any atom is 0.257 e. The normalized spacial score (nSPS) is 18.3. The number of anilines is 1. The smallest absolute Gasteiger partial charge is 0.257 e. The molecule has 0 bridgehead atoms. The maximum atomic E-state index is 13.0. The molecule has 25 heavy (non-hydrogen) atoms. The van der Waals surface area contributed by atoms with E-state index in [-0.39, 0.29) is 5.91 Å². The van der Waals surface area contributed by atoms with Crippen LogP contribution in [0.4, 0.5) is 5.82 Å². The van der Waals surface area contributed by atoms with Crippen LogP contribution in [0.25, 0.3) is 0 Å². The van der Waals surface area contributed by atoms with E-state index in [1.165, 1.54) is 11.3 Å². The number of hydrogen-bond acceptors (Lipinski definition) is 4. The van der Waals surface area contributed by atoms with Crippen molar-refractivity contribution >= 4 is 11.7 Å². The molecule has 1 amide bonds. The highest BCUT2D eigenvalue weighted by molar-refractivity contribution is 5.99. The standard InChI is InChI=1S/C20H32N4O/c1-4-23-11-7-16-13-17(20(25)24-9-5-6-10-24)19(21-14-15(2)3)22-18(16)8-12-23/h13,15H,4-12,14H2,1-3H3,(H,21,22). The van der Waals surface area contributed by atoms with Crippen molar-refractivity contribution in [2.24, 2.45) is 5.92 Å². The fourth-order valence-electron chi connectivity index (χ4n) is 3.69. The van der Waals surface area contributed by atoms with Crippen LogP contribution in [-0.2, 0) is 12.8 Å². The summed E-state index contributed by atoms with van der Waals surface area (Å²) in [7, 11) is 0. The minimum absolute atomic E-state index is 0.149. The molecule has 0 saturated carbocycles. The van der Waals surface area contributed by atoms with Crippen molar-refractivity contribution in [2.45, 2.75) is 46.5 Å². The molecule has 0 radical (unpaired) electrons. The maximum absolute atomic E-state index is 13.0. The molecule has 138 valence electrons. The number of likely N-dealkylation sites (tertiary alicyclic amines) is 1. The van der Waals surface area contributed by atoms with E-state index < -0.39 is 0 Å². The second kappa shape index (κ2) is 8.17. The van der Waals surface area contributed by atoms with Crippen LogP contribution in [-0.4, -0.2) is 60.0 Å². The van der Waals surface area contributed by atoms with Gasteiger partial charge in [0.2, 0.25) is 0 Å². The summed E-state index contributed by atoms with van der Waals surface area (Å²) in [5.74, 6) is 1.45. The lowest BCUT2D eigenvalue weighted by atomic mass is 10.0. The fraction of sp³-hybridized carbons (Fsp3) is 0.700. The van der Waals surface area contributed by atoms with Crippen LogP contribution in [0.2, 0.25) is 0 Å². The zero-order chi connectivity index (χ0) is 17.8. The third kappa shape index (κ3) is 4.32. The van der Waals surface area contributed by atoms with Gasteiger partial charge in [0.25, 0.3) is 5.91 Å². The average Bonchev–Trinajstić information content (AvgIpc) is 3.07. The van der Waals surface area contributed by atoms with E-state index in [9.17, 15) is 4.79 Å². The molecule has 0 spiro atoms. The van der Waals surface area contributed by atoms with Gasteiger partial charge in [0.1, 0.15) is 5.82 Å². The number of hydrogen-bond donors (Lipinski definition) is 1. The van der Waals surface area contributed by atoms with Crippen molar-refractivity contribution in [1.82, 2.24) is 14.8 Å². The largest absolute Gasteiger partial charge is 0.369 e. The average molecular weight is 345 g/mol. The molecule has 3 rings (SSSR count). The van der Waals surface area contributed by atoms with Gasteiger partial charge in [-0.25, -0.2) is 4.98 Å². The van der Waals surface area contributed by atoms with Crippen LogP contribution in [0.1, 0.15) is 55.2 Å². The van der Waals surface area contributed by atoms with E-state index >= 15 is 0 Å². The molecule has 0 unspecified atom stereocenters. The lowest BCUT2D eigenvalue weighted by molar-refractivity contribution is 0.0793. The van der Waals surface area contributed by atoms with Crippen LogP contribution < -0.4 is 5.32 Å². The van der Waals surface area contributed by atoms with Crippen molar-refractivity contribution in [3.63, 3.8) is 0 Å². The molecule has 1 aromatic heterocycles. The van der Waals surface area contributed by atoms with Crippen LogP contribution in [0, 0.1) is 5.92 Å². The number of rotatable bonds is 5. The Hall–Kier alpha value is -1.62. The first kappa shape index (κ1) is 18.2. The highest BCUT2D eigenvalue weighted by Gasteiger charge is 2.25. The van der Waals surface area contributed by atoms with E-state index in [2.05, 4.69) is 37.1 Å². The number of carbonyl (C=O) groups is 1. The highest BCUT2D eigenvalue weighted by atomic mass is 16.2. The van der Waals surface area contributed by atoms with E-state index in [0.717, 1.165) is 76.3 Å². The predicted octanol–water partition coefficient (Wildman–Crippen LogP) is 2.81. The second-order valence-corrected chi connectivity index (χ2v) is 7.70. The zero-order valence-corrected chi connectivity index (χ0v) is 16.0. The van der Waals surface area contributed by atoms with Crippen molar-refractivity contribution < 1.29 is 4.79 Å². The minimum atomic E-state index is 0.149. The zero-order valence-electron chi connectivity index (χ0n) is 16.0. The molecule has 1 saturated heterocycles. The Morgan fingerprint density at radius 3 is 2.60 bits per heavy atom. The van der Waals surface area contributed by atoms with Crippen LogP contribution >= 0.6 is 0 Å². The Balaban J connectivity index is 1.90. The predicted molar refractivity (Wildman–Crippen MR) is 102 cm³/mol. The third-order valence-electron chi connectivity index (χ3n) is 5.30. The molecule has 3 heterocycles. The van der Waals surface area contributed by atoms with Gasteiger partial charge in [-0.2, -0.15) is 0 Å². The van der Waals surface area contributed by atoms with Gasteiger partial charge in [0.05, 0.1) is 5.56 Å². The van der Waals surface area contributed by atoms with Gasteiger partial charge >= 0.3 is 0 Å². The Morgan fingerprint density at radius 1 is 1.20 bits per heavy atom. The molecule has 2 aliphatic rings. The first-order valence-corrected chi connectivity index (χ1v) is 9.86. The summed E-state index contributed by atoms with van der Waals surface area (Å²) >= 11 is 0. The van der Waals surface area contributed by atoms with Gasteiger partial charge in [-0.05, 0) is 43.4 Å². The van der Waals surface area contributed by atoms with Crippen molar-refractivity contribution in [3.8, 4) is 0 Å². The number of nitrogens with zero attached hydrogens (tertiary/aromatic N) is 3. The molecule has 5 heteroatoms. The topological polar surface area (TPSA) is 48.5 Å². The van der Waals surface area contributed by atoms with Crippen molar-refractivity contribution in [1.29, 1.82) is 0 Å². The summed E-state index contributed by atoms with van der Waals surface area (Å²) < 4.78 is 0. The third-order valence-corrected chi connectivity index (χ3v) is 5.30. The van der Waals surface area contributed by atoms with E-state index in [1.807, 2.05) is 4.90 Å². The van der Waals surface area contributed by atoms with Gasteiger partial charge in [0, 0.05) is 44.8 Å². The molecule has 1 fully saturated rings. The van der Waals surface area contributed by atoms with E-state index in [4.69, 9.17) is 4.98 Å². The number of nitrogens with one attached hydrogen (secondary N) is 1. The molecule has 0 aromatic carbocycles.